The molecule has 1 atom stereocenters. The minimum atomic E-state index is -4.53. The number of halogens is 3. The zero-order valence-electron chi connectivity index (χ0n) is 11.8. The number of hydrogen-bond acceptors (Lipinski definition) is 4. The highest BCUT2D eigenvalue weighted by Gasteiger charge is 2.33. The molecule has 1 aliphatic rings. The number of aliphatic hydroxyl groups excluding tert-OH is 1. The van der Waals surface area contributed by atoms with E-state index in [9.17, 15) is 23.1 Å². The maximum absolute atomic E-state index is 12.7. The second-order valence-corrected chi connectivity index (χ2v) is 5.21. The molecule has 5 nitrogen and oxygen atoms in total. The molecule has 0 saturated carbocycles. The average Bonchev–Trinajstić information content (AvgIpc) is 2.97. The minimum absolute atomic E-state index is 0.0909. The van der Waals surface area contributed by atoms with Crippen molar-refractivity contribution in [2.45, 2.75) is 25.4 Å². The number of fused-ring (bicyclic) bond motifs is 1. The van der Waals surface area contributed by atoms with Gasteiger partial charge in [0.15, 0.2) is 6.10 Å². The van der Waals surface area contributed by atoms with Gasteiger partial charge in [0.05, 0.1) is 17.8 Å². The van der Waals surface area contributed by atoms with Gasteiger partial charge in [0, 0.05) is 18.3 Å². The van der Waals surface area contributed by atoms with Crippen molar-refractivity contribution in [3.05, 3.63) is 59.2 Å². The van der Waals surface area contributed by atoms with Crippen molar-refractivity contribution >= 4 is 5.91 Å². The molecule has 2 heterocycles. The Morgan fingerprint density at radius 1 is 1.30 bits per heavy atom. The van der Waals surface area contributed by atoms with Crippen LogP contribution in [0, 0.1) is 0 Å². The number of benzene rings is 1. The summed E-state index contributed by atoms with van der Waals surface area (Å²) in [5.41, 5.74) is 0.436. The third-order valence-corrected chi connectivity index (χ3v) is 3.66. The van der Waals surface area contributed by atoms with Gasteiger partial charge in [-0.2, -0.15) is 13.2 Å². The molecule has 23 heavy (non-hydrogen) atoms. The van der Waals surface area contributed by atoms with Gasteiger partial charge in [-0.3, -0.25) is 4.79 Å². The van der Waals surface area contributed by atoms with Crippen LogP contribution in [0.2, 0.25) is 0 Å². The Kier molecular flexibility index (Phi) is 3.77. The Morgan fingerprint density at radius 2 is 2.09 bits per heavy atom. The summed E-state index contributed by atoms with van der Waals surface area (Å²) in [5.74, 6) is -0.665. The van der Waals surface area contributed by atoms with E-state index in [0.29, 0.717) is 5.69 Å². The van der Waals surface area contributed by atoms with Crippen molar-refractivity contribution in [2.24, 2.45) is 0 Å². The van der Waals surface area contributed by atoms with E-state index in [4.69, 9.17) is 0 Å². The molecule has 1 aromatic carbocycles. The summed E-state index contributed by atoms with van der Waals surface area (Å²) in [6.45, 7) is 0.428. The van der Waals surface area contributed by atoms with Gasteiger partial charge in [0.2, 0.25) is 0 Å². The van der Waals surface area contributed by atoms with Crippen LogP contribution < -0.4 is 0 Å². The largest absolute Gasteiger partial charge is 0.416 e. The molecular weight excluding hydrogens is 311 g/mol. The first-order valence-electron chi connectivity index (χ1n) is 6.78. The third-order valence-electron chi connectivity index (χ3n) is 3.66. The van der Waals surface area contributed by atoms with Gasteiger partial charge in [-0.05, 0) is 17.7 Å². The van der Waals surface area contributed by atoms with Gasteiger partial charge in [-0.1, -0.05) is 12.1 Å². The summed E-state index contributed by atoms with van der Waals surface area (Å²) >= 11 is 0. The minimum Gasteiger partial charge on any atom is -0.378 e. The fourth-order valence-electron chi connectivity index (χ4n) is 2.46. The molecule has 0 spiro atoms. The van der Waals surface area contributed by atoms with Crippen LogP contribution in [0.25, 0.3) is 0 Å². The number of carbonyl (C=O) groups is 1. The predicted octanol–water partition coefficient (Wildman–Crippen LogP) is 2.07. The molecule has 0 aliphatic carbocycles. The standard InChI is InChI=1S/C15H12F3N3O2/c16-15(17,18)11-3-1-2-9(4-11)13(22)14(23)21-6-10-5-19-8-20-12(10)7-21/h1-5,8,13,22H,6-7H2. The van der Waals surface area contributed by atoms with E-state index in [-0.39, 0.29) is 18.7 Å². The third kappa shape index (κ3) is 3.02. The molecule has 2 aromatic rings. The van der Waals surface area contributed by atoms with Crippen molar-refractivity contribution in [1.82, 2.24) is 14.9 Å². The van der Waals surface area contributed by atoms with Crippen LogP contribution in [0.3, 0.4) is 0 Å². The number of carbonyl (C=O) groups excluding carboxylic acids is 1. The van der Waals surface area contributed by atoms with E-state index >= 15 is 0 Å². The van der Waals surface area contributed by atoms with Crippen molar-refractivity contribution < 1.29 is 23.1 Å². The van der Waals surface area contributed by atoms with Crippen LogP contribution in [0.4, 0.5) is 13.2 Å². The number of alkyl halides is 3. The first-order chi connectivity index (χ1) is 10.9. The number of nitrogens with zero attached hydrogens (tertiary/aromatic N) is 3. The number of aromatic nitrogens is 2. The first kappa shape index (κ1) is 15.4. The lowest BCUT2D eigenvalue weighted by Gasteiger charge is -2.20. The van der Waals surface area contributed by atoms with Crippen LogP contribution in [0.5, 0.6) is 0 Å². The molecular formula is C15H12F3N3O2. The topological polar surface area (TPSA) is 66.3 Å². The van der Waals surface area contributed by atoms with Gasteiger partial charge in [0.1, 0.15) is 6.33 Å². The number of hydrogen-bond donors (Lipinski definition) is 1. The average molecular weight is 323 g/mol. The molecule has 1 aliphatic heterocycles. The van der Waals surface area contributed by atoms with Crippen molar-refractivity contribution in [2.75, 3.05) is 0 Å². The normalized spacial score (nSPS) is 15.4. The molecule has 0 radical (unpaired) electrons. The summed E-state index contributed by atoms with van der Waals surface area (Å²) in [6.07, 6.45) is -3.25. The summed E-state index contributed by atoms with van der Waals surface area (Å²) in [7, 11) is 0. The predicted molar refractivity (Wildman–Crippen MR) is 72.7 cm³/mol. The second kappa shape index (κ2) is 5.62. The summed E-state index contributed by atoms with van der Waals surface area (Å²) in [5, 5.41) is 10.1. The van der Waals surface area contributed by atoms with Gasteiger partial charge >= 0.3 is 6.18 Å². The molecule has 0 fully saturated rings. The molecule has 1 unspecified atom stereocenters. The fraction of sp³-hybridized carbons (Fsp3) is 0.267. The Labute approximate surface area is 129 Å². The first-order valence-corrected chi connectivity index (χ1v) is 6.78. The van der Waals surface area contributed by atoms with Crippen molar-refractivity contribution in [3.8, 4) is 0 Å². The quantitative estimate of drug-likeness (QED) is 0.919. The number of amides is 1. The van der Waals surface area contributed by atoms with E-state index in [1.807, 2.05) is 0 Å². The SMILES string of the molecule is O=C(C(O)c1cccc(C(F)(F)F)c1)N1Cc2cncnc2C1. The zero-order chi connectivity index (χ0) is 16.6. The lowest BCUT2D eigenvalue weighted by Crippen LogP contribution is -2.30. The highest BCUT2D eigenvalue weighted by molar-refractivity contribution is 5.82. The van der Waals surface area contributed by atoms with Gasteiger partial charge in [0.25, 0.3) is 5.91 Å². The van der Waals surface area contributed by atoms with Gasteiger partial charge < -0.3 is 10.0 Å². The molecule has 120 valence electrons. The maximum atomic E-state index is 12.7. The van der Waals surface area contributed by atoms with Crippen LogP contribution in [-0.2, 0) is 24.1 Å². The summed E-state index contributed by atoms with van der Waals surface area (Å²) in [4.78, 5) is 21.5. The molecule has 1 aromatic heterocycles. The van der Waals surface area contributed by atoms with Crippen LogP contribution in [-0.4, -0.2) is 25.9 Å². The van der Waals surface area contributed by atoms with E-state index in [1.165, 1.54) is 23.4 Å². The van der Waals surface area contributed by atoms with E-state index < -0.39 is 23.8 Å². The maximum Gasteiger partial charge on any atom is 0.416 e. The monoisotopic (exact) mass is 323 g/mol. The van der Waals surface area contributed by atoms with Crippen molar-refractivity contribution in [3.63, 3.8) is 0 Å². The van der Waals surface area contributed by atoms with Gasteiger partial charge in [-0.25, -0.2) is 9.97 Å². The highest BCUT2D eigenvalue weighted by atomic mass is 19.4. The Balaban J connectivity index is 1.79. The van der Waals surface area contributed by atoms with Gasteiger partial charge in [-0.15, -0.1) is 0 Å². The smallest absolute Gasteiger partial charge is 0.378 e. The zero-order valence-corrected chi connectivity index (χ0v) is 11.8. The molecule has 1 amide bonds. The lowest BCUT2D eigenvalue weighted by molar-refractivity contribution is -0.142. The van der Waals surface area contributed by atoms with Crippen LogP contribution in [0.15, 0.2) is 36.8 Å². The summed E-state index contributed by atoms with van der Waals surface area (Å²) < 4.78 is 38.2. The number of aliphatic hydroxyl groups is 1. The van der Waals surface area contributed by atoms with E-state index in [2.05, 4.69) is 9.97 Å². The molecule has 3 rings (SSSR count). The lowest BCUT2D eigenvalue weighted by atomic mass is 10.0. The number of rotatable bonds is 2. The fourth-order valence-corrected chi connectivity index (χ4v) is 2.46. The Morgan fingerprint density at radius 3 is 2.78 bits per heavy atom. The van der Waals surface area contributed by atoms with E-state index in [1.54, 1.807) is 6.20 Å². The molecule has 0 saturated heterocycles. The summed E-state index contributed by atoms with van der Waals surface area (Å²) in [6, 6.07) is 4.13. The molecule has 8 heteroatoms. The van der Waals surface area contributed by atoms with Crippen LogP contribution >= 0.6 is 0 Å². The molecule has 1 N–H and O–H groups in total. The highest BCUT2D eigenvalue weighted by Crippen LogP contribution is 2.31. The Hall–Kier alpha value is -2.48. The van der Waals surface area contributed by atoms with Crippen LogP contribution in [0.1, 0.15) is 28.5 Å². The Bertz CT molecular complexity index is 724. The molecule has 0 bridgehead atoms. The van der Waals surface area contributed by atoms with E-state index in [0.717, 1.165) is 17.7 Å². The van der Waals surface area contributed by atoms with Crippen molar-refractivity contribution in [1.29, 1.82) is 0 Å². The second-order valence-electron chi connectivity index (χ2n) is 5.21.